The van der Waals surface area contributed by atoms with E-state index in [2.05, 4.69) is 0 Å². The number of rotatable bonds is 3. The van der Waals surface area contributed by atoms with E-state index in [1.165, 1.54) is 19.1 Å². The van der Waals surface area contributed by atoms with Gasteiger partial charge in [-0.05, 0) is 19.1 Å². The Labute approximate surface area is 98.2 Å². The minimum absolute atomic E-state index is 0.172. The van der Waals surface area contributed by atoms with Gasteiger partial charge in [0.1, 0.15) is 17.4 Å². The average Bonchev–Trinajstić information content (AvgIpc) is 2.27. The first-order valence-corrected chi connectivity index (χ1v) is 6.07. The first-order valence-electron chi connectivity index (χ1n) is 4.52. The molecule has 0 fully saturated rings. The monoisotopic (exact) mass is 253 g/mol. The van der Waals surface area contributed by atoms with Gasteiger partial charge in [0.25, 0.3) is 0 Å². The van der Waals surface area contributed by atoms with Crippen LogP contribution in [0.4, 0.5) is 10.1 Å². The summed E-state index contributed by atoms with van der Waals surface area (Å²) in [6.07, 6.45) is 0. The van der Waals surface area contributed by atoms with Crippen molar-refractivity contribution in [1.82, 2.24) is 0 Å². The van der Waals surface area contributed by atoms with Crippen LogP contribution < -0.4 is 4.72 Å². The van der Waals surface area contributed by atoms with E-state index in [9.17, 15) is 12.8 Å². The van der Waals surface area contributed by atoms with Crippen LogP contribution in [-0.4, -0.2) is 13.7 Å². The number of halogens is 1. The molecule has 0 spiro atoms. The molecule has 0 heterocycles. The van der Waals surface area contributed by atoms with Crippen LogP contribution in [0.1, 0.15) is 12.5 Å². The van der Waals surface area contributed by atoms with Crippen LogP contribution in [0.3, 0.4) is 0 Å². The Bertz CT molecular complexity index is 613. The normalized spacial score (nSPS) is 12.2. The molecule has 1 atom stereocenters. The third-order valence-corrected chi connectivity index (χ3v) is 3.57. The Morgan fingerprint density at radius 3 is 2.59 bits per heavy atom. The van der Waals surface area contributed by atoms with Gasteiger partial charge in [-0.2, -0.15) is 10.5 Å². The fraction of sp³-hybridized carbons (Fsp3) is 0.200. The van der Waals surface area contributed by atoms with Gasteiger partial charge < -0.3 is 0 Å². The van der Waals surface area contributed by atoms with Crippen molar-refractivity contribution in [2.45, 2.75) is 12.2 Å². The highest BCUT2D eigenvalue weighted by atomic mass is 32.2. The van der Waals surface area contributed by atoms with E-state index in [1.807, 2.05) is 4.72 Å². The average molecular weight is 253 g/mol. The first kappa shape index (κ1) is 12.9. The highest BCUT2D eigenvalue weighted by molar-refractivity contribution is 7.93. The van der Waals surface area contributed by atoms with Gasteiger partial charge in [0.15, 0.2) is 5.25 Å². The van der Waals surface area contributed by atoms with Crippen LogP contribution in [0.5, 0.6) is 0 Å². The number of nitrogens with zero attached hydrogens (tertiary/aromatic N) is 2. The van der Waals surface area contributed by atoms with Gasteiger partial charge in [0.05, 0.1) is 11.8 Å². The molecule has 0 saturated heterocycles. The number of anilines is 1. The fourth-order valence-corrected chi connectivity index (χ4v) is 1.83. The van der Waals surface area contributed by atoms with Crippen molar-refractivity contribution in [1.29, 1.82) is 10.5 Å². The molecule has 7 heteroatoms. The van der Waals surface area contributed by atoms with E-state index < -0.39 is 26.7 Å². The van der Waals surface area contributed by atoms with E-state index in [0.717, 1.165) is 6.07 Å². The molecule has 17 heavy (non-hydrogen) atoms. The molecule has 0 aliphatic carbocycles. The third kappa shape index (κ3) is 2.71. The molecule has 0 amide bonds. The second-order valence-electron chi connectivity index (χ2n) is 3.19. The molecule has 0 bridgehead atoms. The summed E-state index contributed by atoms with van der Waals surface area (Å²) >= 11 is 0. The number of nitriles is 2. The zero-order valence-corrected chi connectivity index (χ0v) is 9.62. The lowest BCUT2D eigenvalue weighted by atomic mass is 10.2. The third-order valence-electron chi connectivity index (χ3n) is 2.02. The number of sulfonamides is 1. The number of hydrogen-bond donors (Lipinski definition) is 1. The standard InChI is InChI=1S/C10H8FN3O2S/c1-7(5-12)17(15,16)14-10-4-2-3-9(11)8(10)6-13/h2-4,7,14H,1H3. The van der Waals surface area contributed by atoms with Crippen LogP contribution in [0.25, 0.3) is 0 Å². The van der Waals surface area contributed by atoms with Gasteiger partial charge in [-0.15, -0.1) is 0 Å². The summed E-state index contributed by atoms with van der Waals surface area (Å²) in [4.78, 5) is 0. The fourth-order valence-electron chi connectivity index (χ4n) is 1.03. The van der Waals surface area contributed by atoms with Crippen molar-refractivity contribution in [3.63, 3.8) is 0 Å². The lowest BCUT2D eigenvalue weighted by Crippen LogP contribution is -2.24. The number of nitrogens with one attached hydrogen (secondary N) is 1. The molecule has 5 nitrogen and oxygen atoms in total. The molecule has 0 radical (unpaired) electrons. The highest BCUT2D eigenvalue weighted by Gasteiger charge is 2.22. The summed E-state index contributed by atoms with van der Waals surface area (Å²) < 4.78 is 38.3. The molecule has 1 N–H and O–H groups in total. The molecule has 1 aromatic rings. The number of benzene rings is 1. The Morgan fingerprint density at radius 2 is 2.06 bits per heavy atom. The van der Waals surface area contributed by atoms with Crippen molar-refractivity contribution in [3.8, 4) is 12.1 Å². The van der Waals surface area contributed by atoms with Gasteiger partial charge in [-0.1, -0.05) is 6.07 Å². The Balaban J connectivity index is 3.19. The van der Waals surface area contributed by atoms with Crippen LogP contribution in [0.15, 0.2) is 18.2 Å². The lowest BCUT2D eigenvalue weighted by Gasteiger charge is -2.10. The Hall–Kier alpha value is -2.12. The van der Waals surface area contributed by atoms with E-state index in [4.69, 9.17) is 10.5 Å². The van der Waals surface area contributed by atoms with Crippen molar-refractivity contribution in [2.75, 3.05) is 4.72 Å². The lowest BCUT2D eigenvalue weighted by molar-refractivity contribution is 0.597. The second-order valence-corrected chi connectivity index (χ2v) is 5.19. The first-order chi connectivity index (χ1) is 7.92. The predicted molar refractivity (Wildman–Crippen MR) is 58.7 cm³/mol. The van der Waals surface area contributed by atoms with Crippen molar-refractivity contribution in [2.24, 2.45) is 0 Å². The van der Waals surface area contributed by atoms with Crippen LogP contribution in [0.2, 0.25) is 0 Å². The zero-order valence-electron chi connectivity index (χ0n) is 8.81. The molecule has 0 aromatic heterocycles. The molecule has 0 aliphatic rings. The second kappa shape index (κ2) is 4.81. The minimum atomic E-state index is -3.94. The SMILES string of the molecule is CC(C#N)S(=O)(=O)Nc1cccc(F)c1C#N. The maximum Gasteiger partial charge on any atom is 0.248 e. The van der Waals surface area contributed by atoms with Gasteiger partial charge in [-0.25, -0.2) is 12.8 Å². The Kier molecular flexibility index (Phi) is 3.66. The zero-order chi connectivity index (χ0) is 13.1. The largest absolute Gasteiger partial charge is 0.281 e. The summed E-state index contributed by atoms with van der Waals surface area (Å²) in [7, 11) is -3.94. The van der Waals surface area contributed by atoms with Crippen molar-refractivity contribution in [3.05, 3.63) is 29.6 Å². The molecular formula is C10H8FN3O2S. The predicted octanol–water partition coefficient (Wildman–Crippen LogP) is 1.35. The van der Waals surface area contributed by atoms with E-state index in [-0.39, 0.29) is 5.69 Å². The van der Waals surface area contributed by atoms with Crippen LogP contribution >= 0.6 is 0 Å². The quantitative estimate of drug-likeness (QED) is 0.879. The molecular weight excluding hydrogens is 245 g/mol. The van der Waals surface area contributed by atoms with Crippen molar-refractivity contribution >= 4 is 15.7 Å². The summed E-state index contributed by atoms with van der Waals surface area (Å²) in [5, 5.41) is 15.9. The molecule has 88 valence electrons. The molecule has 1 aromatic carbocycles. The summed E-state index contributed by atoms with van der Waals surface area (Å²) in [6, 6.07) is 6.68. The number of hydrogen-bond acceptors (Lipinski definition) is 4. The van der Waals surface area contributed by atoms with E-state index in [1.54, 1.807) is 12.1 Å². The maximum atomic E-state index is 13.2. The summed E-state index contributed by atoms with van der Waals surface area (Å²) in [5.74, 6) is -0.822. The topological polar surface area (TPSA) is 93.8 Å². The van der Waals surface area contributed by atoms with Crippen molar-refractivity contribution < 1.29 is 12.8 Å². The van der Waals surface area contributed by atoms with Gasteiger partial charge in [0.2, 0.25) is 10.0 Å². The van der Waals surface area contributed by atoms with Gasteiger partial charge >= 0.3 is 0 Å². The molecule has 1 unspecified atom stereocenters. The van der Waals surface area contributed by atoms with E-state index in [0.29, 0.717) is 0 Å². The smallest absolute Gasteiger partial charge is 0.248 e. The summed E-state index contributed by atoms with van der Waals surface area (Å²) in [6.45, 7) is 1.19. The maximum absolute atomic E-state index is 13.2. The molecule has 1 rings (SSSR count). The van der Waals surface area contributed by atoms with Gasteiger partial charge in [0, 0.05) is 0 Å². The van der Waals surface area contributed by atoms with Crippen LogP contribution in [0, 0.1) is 28.5 Å². The van der Waals surface area contributed by atoms with E-state index >= 15 is 0 Å². The molecule has 0 aliphatic heterocycles. The summed E-state index contributed by atoms with van der Waals surface area (Å²) in [5.41, 5.74) is -0.573. The van der Waals surface area contributed by atoms with Gasteiger partial charge in [-0.3, -0.25) is 4.72 Å². The Morgan fingerprint density at radius 1 is 1.41 bits per heavy atom. The molecule has 0 saturated carbocycles. The highest BCUT2D eigenvalue weighted by Crippen LogP contribution is 2.20. The van der Waals surface area contributed by atoms with Crippen LogP contribution in [-0.2, 0) is 10.0 Å². The minimum Gasteiger partial charge on any atom is -0.281 e.